The van der Waals surface area contributed by atoms with Crippen LogP contribution < -0.4 is 0 Å². The number of carbonyl (C=O) groups is 1. The Labute approximate surface area is 146 Å². The lowest BCUT2D eigenvalue weighted by Gasteiger charge is -2.15. The summed E-state index contributed by atoms with van der Waals surface area (Å²) >= 11 is 3.40. The Morgan fingerprint density at radius 1 is 1.04 bits per heavy atom. The van der Waals surface area contributed by atoms with Gasteiger partial charge in [0.15, 0.2) is 10.5 Å². The maximum atomic E-state index is 13.1. The van der Waals surface area contributed by atoms with E-state index in [0.717, 1.165) is 29.5 Å². The van der Waals surface area contributed by atoms with Crippen LogP contribution in [0.1, 0.15) is 28.8 Å². The number of hydrogen-bond donors (Lipinski definition) is 0. The molecule has 0 saturated carbocycles. The Kier molecular flexibility index (Phi) is 3.81. The minimum Gasteiger partial charge on any atom is -0.429 e. The third-order valence-corrected chi connectivity index (χ3v) is 4.74. The molecule has 1 heterocycles. The molecule has 0 fully saturated rings. The van der Waals surface area contributed by atoms with E-state index in [2.05, 4.69) is 20.9 Å². The molecule has 0 radical (unpaired) electrons. The molecule has 5 heteroatoms. The van der Waals surface area contributed by atoms with Crippen LogP contribution in [0.3, 0.4) is 0 Å². The molecule has 0 spiro atoms. The van der Waals surface area contributed by atoms with Gasteiger partial charge in [-0.1, -0.05) is 12.1 Å². The van der Waals surface area contributed by atoms with Crippen molar-refractivity contribution in [3.8, 4) is 22.7 Å². The number of aryl methyl sites for hydroxylation is 1. The van der Waals surface area contributed by atoms with Gasteiger partial charge in [0.2, 0.25) is 5.89 Å². The standard InChI is InChI=1S/C19H13BrFNO2/c20-18-17(22-19(24-18)11-4-7-14(21)8-5-11)13-6-9-15-12(10-13)2-1-3-16(15)23/h4-10H,1-3H2. The highest BCUT2D eigenvalue weighted by atomic mass is 79.9. The average molecular weight is 386 g/mol. The molecule has 0 N–H and O–H groups in total. The molecule has 0 atom stereocenters. The van der Waals surface area contributed by atoms with Crippen molar-refractivity contribution in [2.75, 3.05) is 0 Å². The monoisotopic (exact) mass is 385 g/mol. The first-order valence-corrected chi connectivity index (χ1v) is 8.50. The fraction of sp³-hybridized carbons (Fsp3) is 0.158. The zero-order valence-corrected chi connectivity index (χ0v) is 14.3. The van der Waals surface area contributed by atoms with Gasteiger partial charge in [-0.15, -0.1) is 0 Å². The minimum absolute atomic E-state index is 0.203. The number of rotatable bonds is 2. The van der Waals surface area contributed by atoms with Gasteiger partial charge >= 0.3 is 0 Å². The third kappa shape index (κ3) is 2.69. The normalized spacial score (nSPS) is 13.8. The van der Waals surface area contributed by atoms with Gasteiger partial charge in [0.1, 0.15) is 11.5 Å². The quantitative estimate of drug-likeness (QED) is 0.590. The second-order valence-corrected chi connectivity index (χ2v) is 6.52. The topological polar surface area (TPSA) is 43.1 Å². The Morgan fingerprint density at radius 3 is 2.58 bits per heavy atom. The smallest absolute Gasteiger partial charge is 0.228 e. The molecular weight excluding hydrogens is 373 g/mol. The van der Waals surface area contributed by atoms with E-state index in [-0.39, 0.29) is 11.6 Å². The van der Waals surface area contributed by atoms with Crippen LogP contribution in [-0.2, 0) is 6.42 Å². The number of Topliss-reactive ketones (excluding diaryl/α,β-unsaturated/α-hetero) is 1. The lowest BCUT2D eigenvalue weighted by molar-refractivity contribution is 0.0972. The van der Waals surface area contributed by atoms with Crippen molar-refractivity contribution in [1.29, 1.82) is 0 Å². The molecule has 24 heavy (non-hydrogen) atoms. The molecular formula is C19H13BrFNO2. The van der Waals surface area contributed by atoms with E-state index in [1.807, 2.05) is 18.2 Å². The summed E-state index contributed by atoms with van der Waals surface area (Å²) in [5.74, 6) is 0.323. The van der Waals surface area contributed by atoms with Crippen molar-refractivity contribution in [2.24, 2.45) is 0 Å². The number of oxazole rings is 1. The van der Waals surface area contributed by atoms with Gasteiger partial charge in [-0.05, 0) is 64.7 Å². The second kappa shape index (κ2) is 5.98. The number of ketones is 1. The number of benzene rings is 2. The first kappa shape index (κ1) is 15.3. The van der Waals surface area contributed by atoms with E-state index in [9.17, 15) is 9.18 Å². The summed E-state index contributed by atoms with van der Waals surface area (Å²) in [5.41, 5.74) is 4.14. The number of fused-ring (bicyclic) bond motifs is 1. The summed E-state index contributed by atoms with van der Waals surface area (Å²) in [7, 11) is 0. The maximum absolute atomic E-state index is 13.1. The fourth-order valence-corrected chi connectivity index (χ4v) is 3.46. The second-order valence-electron chi connectivity index (χ2n) is 5.80. The Bertz CT molecular complexity index is 931. The summed E-state index contributed by atoms with van der Waals surface area (Å²) < 4.78 is 19.2. The Morgan fingerprint density at radius 2 is 1.79 bits per heavy atom. The van der Waals surface area contributed by atoms with Crippen LogP contribution in [0, 0.1) is 5.82 Å². The van der Waals surface area contributed by atoms with E-state index in [0.29, 0.717) is 28.2 Å². The van der Waals surface area contributed by atoms with Gasteiger partial charge in [0.25, 0.3) is 0 Å². The molecule has 1 aromatic heterocycles. The predicted molar refractivity (Wildman–Crippen MR) is 92.3 cm³/mol. The van der Waals surface area contributed by atoms with Gasteiger partial charge in [-0.25, -0.2) is 9.37 Å². The first-order valence-electron chi connectivity index (χ1n) is 7.70. The molecule has 2 aromatic carbocycles. The molecule has 0 bridgehead atoms. The SMILES string of the molecule is O=C1CCCc2cc(-c3nc(-c4ccc(F)cc4)oc3Br)ccc21. The summed E-state index contributed by atoms with van der Waals surface area (Å²) in [6.45, 7) is 0. The van der Waals surface area contributed by atoms with E-state index in [4.69, 9.17) is 4.42 Å². The largest absolute Gasteiger partial charge is 0.429 e. The van der Waals surface area contributed by atoms with Crippen LogP contribution >= 0.6 is 15.9 Å². The third-order valence-electron chi connectivity index (χ3n) is 4.21. The molecule has 3 aromatic rings. The molecule has 0 unspecified atom stereocenters. The van der Waals surface area contributed by atoms with Crippen molar-refractivity contribution in [3.63, 3.8) is 0 Å². The summed E-state index contributed by atoms with van der Waals surface area (Å²) in [6, 6.07) is 11.8. The maximum Gasteiger partial charge on any atom is 0.228 e. The van der Waals surface area contributed by atoms with Crippen molar-refractivity contribution in [1.82, 2.24) is 4.98 Å². The van der Waals surface area contributed by atoms with E-state index >= 15 is 0 Å². The van der Waals surface area contributed by atoms with Crippen molar-refractivity contribution in [2.45, 2.75) is 19.3 Å². The zero-order valence-electron chi connectivity index (χ0n) is 12.7. The van der Waals surface area contributed by atoms with Gasteiger partial charge in [-0.2, -0.15) is 0 Å². The number of halogens is 2. The number of hydrogen-bond acceptors (Lipinski definition) is 3. The van der Waals surface area contributed by atoms with Gasteiger partial charge in [0, 0.05) is 23.1 Å². The fourth-order valence-electron chi connectivity index (χ4n) is 2.99. The van der Waals surface area contributed by atoms with E-state index in [1.54, 1.807) is 12.1 Å². The molecule has 1 aliphatic carbocycles. The lowest BCUT2D eigenvalue weighted by atomic mass is 9.89. The van der Waals surface area contributed by atoms with E-state index in [1.165, 1.54) is 12.1 Å². The molecule has 120 valence electrons. The first-order chi connectivity index (χ1) is 11.6. The molecule has 3 nitrogen and oxygen atoms in total. The van der Waals surface area contributed by atoms with Crippen LogP contribution in [0.25, 0.3) is 22.7 Å². The lowest BCUT2D eigenvalue weighted by Crippen LogP contribution is -2.10. The van der Waals surface area contributed by atoms with Crippen molar-refractivity contribution >= 4 is 21.7 Å². The predicted octanol–water partition coefficient (Wildman–Crippen LogP) is 5.43. The molecule has 1 aliphatic rings. The Hall–Kier alpha value is -2.27. The minimum atomic E-state index is -0.302. The number of nitrogens with zero attached hydrogens (tertiary/aromatic N) is 1. The molecule has 0 amide bonds. The molecule has 0 saturated heterocycles. The van der Waals surface area contributed by atoms with Crippen LogP contribution in [0.4, 0.5) is 4.39 Å². The van der Waals surface area contributed by atoms with Crippen molar-refractivity contribution in [3.05, 3.63) is 64.1 Å². The summed E-state index contributed by atoms with van der Waals surface area (Å²) in [4.78, 5) is 16.5. The highest BCUT2D eigenvalue weighted by Crippen LogP contribution is 2.34. The highest BCUT2D eigenvalue weighted by molar-refractivity contribution is 9.10. The highest BCUT2D eigenvalue weighted by Gasteiger charge is 2.20. The number of aromatic nitrogens is 1. The summed E-state index contributed by atoms with van der Waals surface area (Å²) in [5, 5.41) is 0. The molecule has 4 rings (SSSR count). The van der Waals surface area contributed by atoms with Crippen LogP contribution in [0.5, 0.6) is 0 Å². The van der Waals surface area contributed by atoms with Crippen LogP contribution in [0.2, 0.25) is 0 Å². The van der Waals surface area contributed by atoms with Crippen LogP contribution in [-0.4, -0.2) is 10.8 Å². The molecule has 0 aliphatic heterocycles. The van der Waals surface area contributed by atoms with Gasteiger partial charge < -0.3 is 4.42 Å². The number of carbonyl (C=O) groups excluding carboxylic acids is 1. The van der Waals surface area contributed by atoms with E-state index < -0.39 is 0 Å². The average Bonchev–Trinajstić information content (AvgIpc) is 2.97. The van der Waals surface area contributed by atoms with Crippen LogP contribution in [0.15, 0.2) is 51.6 Å². The zero-order chi connectivity index (χ0) is 16.7. The van der Waals surface area contributed by atoms with Crippen molar-refractivity contribution < 1.29 is 13.6 Å². The summed E-state index contributed by atoms with van der Waals surface area (Å²) in [6.07, 6.45) is 2.40. The Balaban J connectivity index is 1.75. The van der Waals surface area contributed by atoms with Gasteiger partial charge in [0.05, 0.1) is 0 Å². The van der Waals surface area contributed by atoms with Gasteiger partial charge in [-0.3, -0.25) is 4.79 Å².